The maximum atomic E-state index is 12.7. The third kappa shape index (κ3) is 4.78. The number of hydrogen-bond acceptors (Lipinski definition) is 4. The second-order valence-corrected chi connectivity index (χ2v) is 9.59. The first-order valence-corrected chi connectivity index (χ1v) is 11.8. The molecule has 0 atom stereocenters. The molecule has 1 saturated heterocycles. The summed E-state index contributed by atoms with van der Waals surface area (Å²) in [4.78, 5) is 28.9. The molecule has 166 valence electrons. The molecule has 0 aromatic carbocycles. The topological polar surface area (TPSA) is 83.4 Å². The molecule has 1 N–H and O–H groups in total. The molecule has 8 heteroatoms. The zero-order valence-corrected chi connectivity index (χ0v) is 18.5. The predicted molar refractivity (Wildman–Crippen MR) is 114 cm³/mol. The molecular weight excluding hydrogens is 380 g/mol. The molecule has 1 aromatic heterocycles. The van der Waals surface area contributed by atoms with Gasteiger partial charge in [-0.15, -0.1) is 10.2 Å². The van der Waals surface area contributed by atoms with Crippen LogP contribution in [0.4, 0.5) is 4.79 Å². The molecule has 0 bridgehead atoms. The lowest BCUT2D eigenvalue weighted by molar-refractivity contribution is -0.133. The third-order valence-electron chi connectivity index (χ3n) is 6.80. The number of likely N-dealkylation sites (tertiary alicyclic amines) is 1. The lowest BCUT2D eigenvalue weighted by Crippen LogP contribution is -2.48. The van der Waals surface area contributed by atoms with E-state index in [1.807, 2.05) is 9.80 Å². The molecule has 0 spiro atoms. The lowest BCUT2D eigenvalue weighted by atomic mass is 9.95. The molecule has 0 unspecified atom stereocenters. The first-order chi connectivity index (χ1) is 14.5. The van der Waals surface area contributed by atoms with Gasteiger partial charge in [-0.3, -0.25) is 4.79 Å². The highest BCUT2D eigenvalue weighted by Crippen LogP contribution is 2.29. The van der Waals surface area contributed by atoms with Crippen molar-refractivity contribution in [2.45, 2.75) is 90.3 Å². The Hall–Kier alpha value is -2.12. The SMILES string of the molecule is CC(C)CC(=O)N1CCC(c2nnc3n2CCN(C(=O)NC2CCCCC2)C3)CC1. The van der Waals surface area contributed by atoms with Gasteiger partial charge in [0.25, 0.3) is 0 Å². The molecule has 0 radical (unpaired) electrons. The third-order valence-corrected chi connectivity index (χ3v) is 6.80. The number of carbonyl (C=O) groups excluding carboxylic acids is 2. The molecular formula is C22H36N6O2. The van der Waals surface area contributed by atoms with E-state index in [-0.39, 0.29) is 11.9 Å². The van der Waals surface area contributed by atoms with Crippen molar-refractivity contribution in [1.29, 1.82) is 0 Å². The van der Waals surface area contributed by atoms with E-state index < -0.39 is 0 Å². The van der Waals surface area contributed by atoms with E-state index in [9.17, 15) is 9.59 Å². The number of nitrogens with one attached hydrogen (secondary N) is 1. The number of urea groups is 1. The van der Waals surface area contributed by atoms with Crippen LogP contribution in [0.3, 0.4) is 0 Å². The van der Waals surface area contributed by atoms with Crippen molar-refractivity contribution < 1.29 is 9.59 Å². The maximum Gasteiger partial charge on any atom is 0.318 e. The van der Waals surface area contributed by atoms with Crippen LogP contribution < -0.4 is 5.32 Å². The predicted octanol–water partition coefficient (Wildman–Crippen LogP) is 2.89. The van der Waals surface area contributed by atoms with Crippen molar-refractivity contribution in [3.8, 4) is 0 Å². The fraction of sp³-hybridized carbons (Fsp3) is 0.818. The summed E-state index contributed by atoms with van der Waals surface area (Å²) < 4.78 is 2.21. The average Bonchev–Trinajstić information content (AvgIpc) is 3.17. The van der Waals surface area contributed by atoms with Gasteiger partial charge in [-0.2, -0.15) is 0 Å². The largest absolute Gasteiger partial charge is 0.343 e. The minimum Gasteiger partial charge on any atom is -0.343 e. The molecule has 3 heterocycles. The highest BCUT2D eigenvalue weighted by molar-refractivity contribution is 5.76. The van der Waals surface area contributed by atoms with E-state index in [2.05, 4.69) is 33.9 Å². The zero-order chi connectivity index (χ0) is 21.1. The van der Waals surface area contributed by atoms with E-state index >= 15 is 0 Å². The second-order valence-electron chi connectivity index (χ2n) is 9.59. The fourth-order valence-corrected chi connectivity index (χ4v) is 5.03. The molecule has 30 heavy (non-hydrogen) atoms. The number of fused-ring (bicyclic) bond motifs is 1. The Morgan fingerprint density at radius 3 is 2.40 bits per heavy atom. The van der Waals surface area contributed by atoms with Crippen molar-refractivity contribution in [2.24, 2.45) is 5.92 Å². The van der Waals surface area contributed by atoms with Crippen LogP contribution in [0.2, 0.25) is 0 Å². The van der Waals surface area contributed by atoms with Crippen LogP contribution in [-0.2, 0) is 17.9 Å². The smallest absolute Gasteiger partial charge is 0.318 e. The van der Waals surface area contributed by atoms with Crippen molar-refractivity contribution in [2.75, 3.05) is 19.6 Å². The summed E-state index contributed by atoms with van der Waals surface area (Å²) >= 11 is 0. The van der Waals surface area contributed by atoms with Crippen LogP contribution in [0.5, 0.6) is 0 Å². The Morgan fingerprint density at radius 2 is 1.70 bits per heavy atom. The molecule has 1 saturated carbocycles. The van der Waals surface area contributed by atoms with E-state index in [1.54, 1.807) is 0 Å². The number of amides is 3. The van der Waals surface area contributed by atoms with E-state index in [0.29, 0.717) is 37.4 Å². The van der Waals surface area contributed by atoms with Crippen molar-refractivity contribution in [3.63, 3.8) is 0 Å². The van der Waals surface area contributed by atoms with Gasteiger partial charge in [0.2, 0.25) is 5.91 Å². The van der Waals surface area contributed by atoms with Gasteiger partial charge in [-0.25, -0.2) is 4.79 Å². The van der Waals surface area contributed by atoms with Gasteiger partial charge >= 0.3 is 6.03 Å². The van der Waals surface area contributed by atoms with E-state index in [0.717, 1.165) is 57.0 Å². The van der Waals surface area contributed by atoms with Crippen LogP contribution >= 0.6 is 0 Å². The summed E-state index contributed by atoms with van der Waals surface area (Å²) in [5.41, 5.74) is 0. The standard InChI is InChI=1S/C22H36N6O2/c1-16(2)14-20(29)26-10-8-17(9-11-26)21-25-24-19-15-27(12-13-28(19)21)22(30)23-18-6-4-3-5-7-18/h16-18H,3-15H2,1-2H3,(H,23,30). The summed E-state index contributed by atoms with van der Waals surface area (Å²) in [7, 11) is 0. The van der Waals surface area contributed by atoms with Gasteiger partial charge < -0.3 is 19.7 Å². The van der Waals surface area contributed by atoms with Gasteiger partial charge in [0, 0.05) is 44.6 Å². The second kappa shape index (κ2) is 9.35. The number of nitrogens with zero attached hydrogens (tertiary/aromatic N) is 5. The maximum absolute atomic E-state index is 12.7. The summed E-state index contributed by atoms with van der Waals surface area (Å²) in [6, 6.07) is 0.361. The first kappa shape index (κ1) is 21.1. The number of carbonyl (C=O) groups is 2. The quantitative estimate of drug-likeness (QED) is 0.818. The van der Waals surface area contributed by atoms with Gasteiger partial charge in [-0.1, -0.05) is 33.1 Å². The summed E-state index contributed by atoms with van der Waals surface area (Å²) in [5.74, 6) is 2.93. The number of aromatic nitrogens is 3. The van der Waals surface area contributed by atoms with Crippen LogP contribution in [0.1, 0.15) is 82.8 Å². The van der Waals surface area contributed by atoms with Crippen molar-refractivity contribution in [1.82, 2.24) is 29.9 Å². The minimum atomic E-state index is 0.0367. The van der Waals surface area contributed by atoms with Gasteiger partial charge in [0.1, 0.15) is 5.82 Å². The van der Waals surface area contributed by atoms with Crippen LogP contribution in [0, 0.1) is 5.92 Å². The number of hydrogen-bond donors (Lipinski definition) is 1. The molecule has 2 fully saturated rings. The molecule has 4 rings (SSSR count). The molecule has 3 amide bonds. The van der Waals surface area contributed by atoms with E-state index in [1.165, 1.54) is 19.3 Å². The van der Waals surface area contributed by atoms with Crippen LogP contribution in [0.25, 0.3) is 0 Å². The molecule has 1 aliphatic carbocycles. The summed E-state index contributed by atoms with van der Waals surface area (Å²) in [6.07, 6.45) is 8.41. The summed E-state index contributed by atoms with van der Waals surface area (Å²) in [6.45, 7) is 7.75. The highest BCUT2D eigenvalue weighted by atomic mass is 16.2. The van der Waals surface area contributed by atoms with Crippen LogP contribution in [-0.4, -0.2) is 62.2 Å². The van der Waals surface area contributed by atoms with Gasteiger partial charge in [-0.05, 0) is 31.6 Å². The van der Waals surface area contributed by atoms with Gasteiger partial charge in [0.15, 0.2) is 5.82 Å². The Labute approximate surface area is 179 Å². The number of piperidine rings is 1. The van der Waals surface area contributed by atoms with Gasteiger partial charge in [0.05, 0.1) is 6.54 Å². The zero-order valence-electron chi connectivity index (χ0n) is 18.5. The molecule has 1 aromatic rings. The van der Waals surface area contributed by atoms with Crippen LogP contribution in [0.15, 0.2) is 0 Å². The Morgan fingerprint density at radius 1 is 0.967 bits per heavy atom. The molecule has 3 aliphatic rings. The lowest BCUT2D eigenvalue weighted by Gasteiger charge is -2.34. The first-order valence-electron chi connectivity index (χ1n) is 11.8. The van der Waals surface area contributed by atoms with Crippen molar-refractivity contribution in [3.05, 3.63) is 11.6 Å². The Bertz CT molecular complexity index is 747. The fourth-order valence-electron chi connectivity index (χ4n) is 5.03. The molecule has 8 nitrogen and oxygen atoms in total. The molecule has 2 aliphatic heterocycles. The normalized spacial score (nSPS) is 21.0. The summed E-state index contributed by atoms with van der Waals surface area (Å²) in [5, 5.41) is 12.1. The monoisotopic (exact) mass is 416 g/mol. The number of rotatable bonds is 4. The minimum absolute atomic E-state index is 0.0367. The average molecular weight is 417 g/mol. The van der Waals surface area contributed by atoms with E-state index in [4.69, 9.17) is 0 Å². The Kier molecular flexibility index (Phi) is 6.58. The highest BCUT2D eigenvalue weighted by Gasteiger charge is 2.31. The Balaban J connectivity index is 1.32. The van der Waals surface area contributed by atoms with Crippen molar-refractivity contribution >= 4 is 11.9 Å².